The average Bonchev–Trinajstić information content (AvgIpc) is 3.36. The molecule has 0 saturated heterocycles. The molecule has 0 aromatic carbocycles. The molecule has 0 bridgehead atoms. The van der Waals surface area contributed by atoms with Gasteiger partial charge in [0.15, 0.2) is 11.5 Å². The third kappa shape index (κ3) is 14.0. The van der Waals surface area contributed by atoms with Crippen LogP contribution in [0.2, 0.25) is 0 Å². The number of nitrogen functional groups attached to an aromatic ring is 1. The summed E-state index contributed by atoms with van der Waals surface area (Å²) in [7, 11) is -3.86. The highest BCUT2D eigenvalue weighted by molar-refractivity contribution is 7.56. The van der Waals surface area contributed by atoms with Crippen molar-refractivity contribution >= 4 is 36.6 Å². The summed E-state index contributed by atoms with van der Waals surface area (Å²) < 4.78 is 41.8. The lowest BCUT2D eigenvalue weighted by Gasteiger charge is -2.24. The van der Waals surface area contributed by atoms with E-state index in [0.29, 0.717) is 17.7 Å². The van der Waals surface area contributed by atoms with Gasteiger partial charge in [0, 0.05) is 0 Å². The van der Waals surface area contributed by atoms with Crippen LogP contribution in [0.5, 0.6) is 0 Å². The first kappa shape index (κ1) is 36.4. The zero-order chi connectivity index (χ0) is 31.7. The molecule has 0 spiro atoms. The molecule has 2 aromatic rings. The fourth-order valence-corrected chi connectivity index (χ4v) is 5.74. The summed E-state index contributed by atoms with van der Waals surface area (Å²) in [5.41, 5.74) is 6.85. The Balaban J connectivity index is 1.87. The maximum Gasteiger partial charge on any atom is 0.510 e. The molecule has 0 fully saturated rings. The molecule has 0 aliphatic heterocycles. The first-order valence-electron chi connectivity index (χ1n) is 15.1. The molecule has 3 atom stereocenters. The predicted molar refractivity (Wildman–Crippen MR) is 162 cm³/mol. The van der Waals surface area contributed by atoms with Crippen LogP contribution in [0.1, 0.15) is 92.4 Å². The highest BCUT2D eigenvalue weighted by atomic mass is 31.2. The van der Waals surface area contributed by atoms with E-state index in [9.17, 15) is 14.2 Å². The molecule has 0 aliphatic carbocycles. The fourth-order valence-electron chi connectivity index (χ4n) is 4.14. The zero-order valence-electron chi connectivity index (χ0n) is 26.2. The van der Waals surface area contributed by atoms with Gasteiger partial charge in [-0.3, -0.25) is 13.9 Å². The number of carbonyl (C=O) groups excluding carboxylic acids is 2. The SMILES string of the molecule is CCCCCCCCCCCOC(=O)[C@H](C)NP(=O)(CO[C@H](C)Cn1cnc2c(N)ncnc21)OCOC(=O)OC(C)C. The largest absolute Gasteiger partial charge is 0.510 e. The van der Waals surface area contributed by atoms with Gasteiger partial charge in [-0.25, -0.2) is 24.8 Å². The first-order chi connectivity index (χ1) is 20.5. The fraction of sp³-hybridized carbons (Fsp3) is 0.750. The summed E-state index contributed by atoms with van der Waals surface area (Å²) in [4.78, 5) is 36.7. The molecule has 0 saturated carbocycles. The number of hydrogen-bond acceptors (Lipinski definition) is 12. The molecule has 0 radical (unpaired) electrons. The Labute approximate surface area is 254 Å². The lowest BCUT2D eigenvalue weighted by atomic mass is 10.1. The van der Waals surface area contributed by atoms with E-state index in [2.05, 4.69) is 27.0 Å². The van der Waals surface area contributed by atoms with E-state index < -0.39 is 51.0 Å². The number of aromatic nitrogens is 4. The van der Waals surface area contributed by atoms with E-state index in [1.54, 1.807) is 31.7 Å². The second-order valence-corrected chi connectivity index (χ2v) is 12.9. The van der Waals surface area contributed by atoms with Crippen molar-refractivity contribution < 1.29 is 37.6 Å². The topological polar surface area (TPSA) is 179 Å². The highest BCUT2D eigenvalue weighted by Crippen LogP contribution is 2.43. The van der Waals surface area contributed by atoms with Crippen molar-refractivity contribution in [2.45, 2.75) is 117 Å². The molecule has 2 rings (SSSR count). The van der Waals surface area contributed by atoms with Crippen LogP contribution in [0, 0.1) is 0 Å². The molecule has 3 N–H and O–H groups in total. The second kappa shape index (κ2) is 19.5. The van der Waals surface area contributed by atoms with E-state index in [-0.39, 0.29) is 12.4 Å². The lowest BCUT2D eigenvalue weighted by Crippen LogP contribution is -2.35. The number of ether oxygens (including phenoxy) is 4. The van der Waals surface area contributed by atoms with Crippen LogP contribution < -0.4 is 10.8 Å². The second-order valence-electron chi connectivity index (χ2n) is 10.8. The smallest absolute Gasteiger partial charge is 0.465 e. The van der Waals surface area contributed by atoms with Crippen LogP contribution in [-0.2, 0) is 39.4 Å². The molecule has 14 nitrogen and oxygen atoms in total. The van der Waals surface area contributed by atoms with Gasteiger partial charge >= 0.3 is 12.1 Å². The molecular weight excluding hydrogens is 579 g/mol. The molecule has 43 heavy (non-hydrogen) atoms. The summed E-state index contributed by atoms with van der Waals surface area (Å²) >= 11 is 0. The van der Waals surface area contributed by atoms with Crippen molar-refractivity contribution in [2.24, 2.45) is 0 Å². The van der Waals surface area contributed by atoms with Gasteiger partial charge in [-0.1, -0.05) is 58.3 Å². The predicted octanol–water partition coefficient (Wildman–Crippen LogP) is 5.55. The molecule has 0 aliphatic rings. The lowest BCUT2D eigenvalue weighted by molar-refractivity contribution is -0.145. The number of rotatable bonds is 22. The Morgan fingerprint density at radius 2 is 1.65 bits per heavy atom. The Kier molecular flexibility index (Phi) is 16.5. The number of imidazole rings is 1. The van der Waals surface area contributed by atoms with Gasteiger partial charge in [-0.15, -0.1) is 0 Å². The Morgan fingerprint density at radius 3 is 2.33 bits per heavy atom. The van der Waals surface area contributed by atoms with Crippen LogP contribution in [0.4, 0.5) is 10.6 Å². The van der Waals surface area contributed by atoms with Crippen LogP contribution in [-0.4, -0.2) is 69.6 Å². The van der Waals surface area contributed by atoms with Crippen molar-refractivity contribution in [3.8, 4) is 0 Å². The Morgan fingerprint density at radius 1 is 0.977 bits per heavy atom. The van der Waals surface area contributed by atoms with Crippen molar-refractivity contribution in [3.63, 3.8) is 0 Å². The van der Waals surface area contributed by atoms with Crippen molar-refractivity contribution in [2.75, 3.05) is 25.5 Å². The molecule has 1 unspecified atom stereocenters. The van der Waals surface area contributed by atoms with Gasteiger partial charge in [0.1, 0.15) is 24.2 Å². The molecule has 2 aromatic heterocycles. The summed E-state index contributed by atoms with van der Waals surface area (Å²) in [6, 6.07) is -0.969. The van der Waals surface area contributed by atoms with Crippen LogP contribution in [0.15, 0.2) is 12.7 Å². The molecule has 244 valence electrons. The van der Waals surface area contributed by atoms with Crippen LogP contribution in [0.25, 0.3) is 11.2 Å². The summed E-state index contributed by atoms with van der Waals surface area (Å²) in [6.45, 7) is 8.73. The molecule has 2 heterocycles. The first-order valence-corrected chi connectivity index (χ1v) is 16.9. The van der Waals surface area contributed by atoms with Crippen LogP contribution in [0.3, 0.4) is 0 Å². The Hall–Kier alpha value is -2.80. The van der Waals surface area contributed by atoms with Gasteiger partial charge < -0.3 is 29.2 Å². The van der Waals surface area contributed by atoms with E-state index >= 15 is 0 Å². The highest BCUT2D eigenvalue weighted by Gasteiger charge is 2.31. The van der Waals surface area contributed by atoms with E-state index in [1.807, 2.05) is 0 Å². The van der Waals surface area contributed by atoms with Crippen molar-refractivity contribution in [1.29, 1.82) is 0 Å². The molecule has 0 amide bonds. The summed E-state index contributed by atoms with van der Waals surface area (Å²) in [5, 5.41) is 2.69. The van der Waals surface area contributed by atoms with Crippen molar-refractivity contribution in [1.82, 2.24) is 24.6 Å². The number of fused-ring (bicyclic) bond motifs is 1. The monoisotopic (exact) mass is 628 g/mol. The molecule has 15 heteroatoms. The molecular formula is C28H49N6O8P. The van der Waals surface area contributed by atoms with Crippen molar-refractivity contribution in [3.05, 3.63) is 12.7 Å². The minimum absolute atomic E-state index is 0.258. The maximum atomic E-state index is 13.7. The standard InChI is InChI=1S/C28H49N6O8P/c1-6-7-8-9-10-11-12-13-14-15-38-27(35)23(5)33-43(37,41-19-39-28(36)42-21(2)3)20-40-22(4)16-34-18-32-24-25(29)30-17-31-26(24)34/h17-18,21-23H,6-16,19-20H2,1-5H3,(H,33,37)(H2,29,30,31)/t22-,23+,43?/m1/s1. The van der Waals surface area contributed by atoms with E-state index in [0.717, 1.165) is 19.3 Å². The zero-order valence-corrected chi connectivity index (χ0v) is 27.1. The number of unbranched alkanes of at least 4 members (excludes halogenated alkanes) is 8. The third-order valence-electron chi connectivity index (χ3n) is 6.42. The average molecular weight is 629 g/mol. The minimum Gasteiger partial charge on any atom is -0.465 e. The number of nitrogens with two attached hydrogens (primary N) is 1. The number of hydrogen-bond donors (Lipinski definition) is 2. The quantitative estimate of drug-likeness (QED) is 0.0718. The van der Waals surface area contributed by atoms with Crippen LogP contribution >= 0.6 is 7.52 Å². The van der Waals surface area contributed by atoms with Gasteiger partial charge in [-0.05, 0) is 34.1 Å². The normalized spacial score (nSPS) is 14.4. The number of nitrogens with one attached hydrogen (secondary N) is 1. The number of nitrogens with zero attached hydrogens (tertiary/aromatic N) is 4. The van der Waals surface area contributed by atoms with E-state index in [1.165, 1.54) is 51.8 Å². The summed E-state index contributed by atoms with van der Waals surface area (Å²) in [5.74, 6) is -0.312. The third-order valence-corrected chi connectivity index (χ3v) is 8.21. The number of esters is 1. The van der Waals surface area contributed by atoms with Gasteiger partial charge in [0.05, 0.1) is 31.7 Å². The van der Waals surface area contributed by atoms with Gasteiger partial charge in [-0.2, -0.15) is 0 Å². The van der Waals surface area contributed by atoms with Gasteiger partial charge in [0.2, 0.25) is 6.79 Å². The minimum atomic E-state index is -3.86. The number of anilines is 1. The van der Waals surface area contributed by atoms with Gasteiger partial charge in [0.25, 0.3) is 7.52 Å². The summed E-state index contributed by atoms with van der Waals surface area (Å²) in [6.07, 6.45) is 11.0. The van der Waals surface area contributed by atoms with E-state index in [4.69, 9.17) is 29.2 Å². The Bertz CT molecular complexity index is 1160. The maximum absolute atomic E-state index is 13.7. The number of carbonyl (C=O) groups is 2.